The van der Waals surface area contributed by atoms with Gasteiger partial charge in [-0.2, -0.15) is 5.10 Å². The van der Waals surface area contributed by atoms with Gasteiger partial charge in [-0.3, -0.25) is 9.59 Å². The number of rotatable bonds is 12. The zero-order chi connectivity index (χ0) is 29.5. The summed E-state index contributed by atoms with van der Waals surface area (Å²) < 4.78 is 7.30. The number of hydrogen-bond acceptors (Lipinski definition) is 4. The van der Waals surface area contributed by atoms with Crippen molar-refractivity contribution in [3.8, 4) is 16.9 Å². The van der Waals surface area contributed by atoms with Gasteiger partial charge in [0.15, 0.2) is 0 Å². The topological polar surface area (TPSA) is 73.2 Å². The summed E-state index contributed by atoms with van der Waals surface area (Å²) in [4.78, 5) is 26.1. The summed E-state index contributed by atoms with van der Waals surface area (Å²) in [7, 11) is 1.76. The van der Waals surface area contributed by atoms with Gasteiger partial charge < -0.3 is 10.1 Å². The third-order valence-corrected chi connectivity index (χ3v) is 8.61. The average molecular weight is 564 g/mol. The van der Waals surface area contributed by atoms with E-state index in [1.54, 1.807) is 7.11 Å². The van der Waals surface area contributed by atoms with Crippen LogP contribution in [0.1, 0.15) is 65.7 Å². The molecule has 3 atom stereocenters. The van der Waals surface area contributed by atoms with Crippen LogP contribution in [0.4, 0.5) is 0 Å². The number of ketones is 1. The molecule has 0 radical (unpaired) electrons. The molecule has 1 amide bonds. The fraction of sp³-hybridized carbons (Fsp3) is 0.361. The Balaban J connectivity index is 1.41. The zero-order valence-corrected chi connectivity index (χ0v) is 24.9. The SMILES string of the molecule is CCNC(=O)c1ccc(-c2nn(-c3ccccc3)c(CC(=O)C[C@@H]3C[C@@H](CCOC)C[C@H]3c3ccccc3)c2C)cc1. The summed E-state index contributed by atoms with van der Waals surface area (Å²) in [5.74, 6) is 1.42. The molecule has 0 unspecified atom stereocenters. The first kappa shape index (κ1) is 29.5. The minimum atomic E-state index is -0.0907. The van der Waals surface area contributed by atoms with E-state index in [2.05, 4.69) is 35.6 Å². The van der Waals surface area contributed by atoms with Crippen LogP contribution in [0.15, 0.2) is 84.9 Å². The van der Waals surface area contributed by atoms with E-state index >= 15 is 0 Å². The highest BCUT2D eigenvalue weighted by molar-refractivity contribution is 5.94. The van der Waals surface area contributed by atoms with E-state index in [9.17, 15) is 9.59 Å². The van der Waals surface area contributed by atoms with E-state index in [-0.39, 0.29) is 11.7 Å². The molecule has 0 aliphatic heterocycles. The van der Waals surface area contributed by atoms with E-state index in [1.165, 1.54) is 5.56 Å². The van der Waals surface area contributed by atoms with Crippen LogP contribution in [0, 0.1) is 18.8 Å². The second kappa shape index (κ2) is 13.8. The van der Waals surface area contributed by atoms with Gasteiger partial charge in [0.2, 0.25) is 0 Å². The molecule has 0 bridgehead atoms. The van der Waals surface area contributed by atoms with Crippen molar-refractivity contribution in [3.63, 3.8) is 0 Å². The number of nitrogens with zero attached hydrogens (tertiary/aromatic N) is 2. The maximum Gasteiger partial charge on any atom is 0.251 e. The maximum absolute atomic E-state index is 13.8. The highest BCUT2D eigenvalue weighted by Crippen LogP contribution is 2.46. The number of hydrogen-bond donors (Lipinski definition) is 1. The molecular formula is C36H41N3O3. The largest absolute Gasteiger partial charge is 0.385 e. The quantitative estimate of drug-likeness (QED) is 0.203. The van der Waals surface area contributed by atoms with Gasteiger partial charge in [0.05, 0.1) is 17.1 Å². The van der Waals surface area contributed by atoms with Gasteiger partial charge in [-0.15, -0.1) is 0 Å². The number of benzene rings is 3. The predicted octanol–water partition coefficient (Wildman–Crippen LogP) is 6.95. The van der Waals surface area contributed by atoms with Crippen LogP contribution in [-0.4, -0.2) is 41.7 Å². The lowest BCUT2D eigenvalue weighted by Gasteiger charge is -2.19. The van der Waals surface area contributed by atoms with Gasteiger partial charge in [0, 0.05) is 44.2 Å². The molecule has 1 saturated carbocycles. The van der Waals surface area contributed by atoms with Crippen molar-refractivity contribution in [2.45, 2.75) is 51.9 Å². The van der Waals surface area contributed by atoms with Crippen LogP contribution < -0.4 is 5.32 Å². The third kappa shape index (κ3) is 6.71. The van der Waals surface area contributed by atoms with Crippen LogP contribution in [-0.2, 0) is 16.0 Å². The third-order valence-electron chi connectivity index (χ3n) is 8.61. The lowest BCUT2D eigenvalue weighted by Crippen LogP contribution is -2.22. The van der Waals surface area contributed by atoms with E-state index in [4.69, 9.17) is 9.84 Å². The second-order valence-corrected chi connectivity index (χ2v) is 11.4. The molecular weight excluding hydrogens is 522 g/mol. The summed E-state index contributed by atoms with van der Waals surface area (Å²) in [5, 5.41) is 7.85. The Morgan fingerprint density at radius 1 is 0.952 bits per heavy atom. The number of amides is 1. The molecule has 6 nitrogen and oxygen atoms in total. The summed E-state index contributed by atoms with van der Waals surface area (Å²) in [6, 6.07) is 28.2. The number of carbonyl (C=O) groups excluding carboxylic acids is 2. The average Bonchev–Trinajstić information content (AvgIpc) is 3.57. The molecule has 42 heavy (non-hydrogen) atoms. The molecule has 6 heteroatoms. The molecule has 1 aromatic heterocycles. The van der Waals surface area contributed by atoms with Crippen LogP contribution in [0.25, 0.3) is 16.9 Å². The molecule has 1 heterocycles. The van der Waals surface area contributed by atoms with E-state index in [1.807, 2.05) is 73.1 Å². The Bertz CT molecular complexity index is 1480. The molecule has 3 aromatic carbocycles. The number of nitrogens with one attached hydrogen (secondary N) is 1. The second-order valence-electron chi connectivity index (χ2n) is 11.4. The van der Waals surface area contributed by atoms with Gasteiger partial charge in [-0.05, 0) is 86.3 Å². The van der Waals surface area contributed by atoms with Crippen molar-refractivity contribution in [3.05, 3.63) is 107 Å². The van der Waals surface area contributed by atoms with Gasteiger partial charge >= 0.3 is 0 Å². The lowest BCUT2D eigenvalue weighted by atomic mass is 9.85. The van der Waals surface area contributed by atoms with E-state index in [0.29, 0.717) is 42.7 Å². The van der Waals surface area contributed by atoms with Crippen molar-refractivity contribution in [1.82, 2.24) is 15.1 Å². The van der Waals surface area contributed by atoms with Crippen LogP contribution in [0.5, 0.6) is 0 Å². The number of methoxy groups -OCH3 is 1. The van der Waals surface area contributed by atoms with Crippen molar-refractivity contribution < 1.29 is 14.3 Å². The van der Waals surface area contributed by atoms with Gasteiger partial charge in [0.1, 0.15) is 5.78 Å². The van der Waals surface area contributed by atoms with Gasteiger partial charge in [0.25, 0.3) is 5.91 Å². The van der Waals surface area contributed by atoms with Crippen molar-refractivity contribution in [1.29, 1.82) is 0 Å². The van der Waals surface area contributed by atoms with Gasteiger partial charge in [-0.25, -0.2) is 4.68 Å². The Kier molecular flexibility index (Phi) is 9.65. The Labute approximate surface area is 249 Å². The molecule has 1 aliphatic rings. The Morgan fingerprint density at radius 3 is 2.31 bits per heavy atom. The first-order chi connectivity index (χ1) is 20.5. The van der Waals surface area contributed by atoms with Crippen molar-refractivity contribution >= 4 is 11.7 Å². The smallest absolute Gasteiger partial charge is 0.251 e. The van der Waals surface area contributed by atoms with Crippen molar-refractivity contribution in [2.75, 3.05) is 20.3 Å². The Hall–Kier alpha value is -4.03. The summed E-state index contributed by atoms with van der Waals surface area (Å²) in [6.07, 6.45) is 4.06. The number of carbonyl (C=O) groups is 2. The molecule has 1 fully saturated rings. The predicted molar refractivity (Wildman–Crippen MR) is 167 cm³/mol. The van der Waals surface area contributed by atoms with Crippen molar-refractivity contribution in [2.24, 2.45) is 11.8 Å². The number of ether oxygens (including phenoxy) is 1. The van der Waals surface area contributed by atoms with Gasteiger partial charge in [-0.1, -0.05) is 60.7 Å². The maximum atomic E-state index is 13.8. The fourth-order valence-corrected chi connectivity index (χ4v) is 6.48. The van der Waals surface area contributed by atoms with Crippen LogP contribution >= 0.6 is 0 Å². The molecule has 4 aromatic rings. The first-order valence-corrected chi connectivity index (χ1v) is 15.1. The summed E-state index contributed by atoms with van der Waals surface area (Å²) >= 11 is 0. The number of aromatic nitrogens is 2. The number of Topliss-reactive ketones (excluding diaryl/α,β-unsaturated/α-hetero) is 1. The van der Waals surface area contributed by atoms with Crippen LogP contribution in [0.3, 0.4) is 0 Å². The molecule has 1 N–H and O–H groups in total. The summed E-state index contributed by atoms with van der Waals surface area (Å²) in [5.41, 5.74) is 6.53. The monoisotopic (exact) mass is 563 g/mol. The summed E-state index contributed by atoms with van der Waals surface area (Å²) in [6.45, 7) is 5.29. The lowest BCUT2D eigenvalue weighted by molar-refractivity contribution is -0.119. The standard InChI is InChI=1S/C36H41N3O3/c1-4-37-36(41)29-17-15-28(16-18-29)35-25(2)34(39(38-35)31-13-9-6-10-14-31)24-32(40)23-30-21-26(19-20-42-3)22-33(30)27-11-7-5-8-12-27/h5-18,26,30,33H,4,19-24H2,1-3H3,(H,37,41)/t26-,30+,33+/m1/s1. The van der Waals surface area contributed by atoms with E-state index in [0.717, 1.165) is 54.1 Å². The Morgan fingerprint density at radius 2 is 1.64 bits per heavy atom. The molecule has 0 saturated heterocycles. The minimum absolute atomic E-state index is 0.0907. The highest BCUT2D eigenvalue weighted by atomic mass is 16.5. The molecule has 218 valence electrons. The molecule has 0 spiro atoms. The number of para-hydroxylation sites is 1. The molecule has 1 aliphatic carbocycles. The first-order valence-electron chi connectivity index (χ1n) is 15.1. The highest BCUT2D eigenvalue weighted by Gasteiger charge is 2.36. The zero-order valence-electron chi connectivity index (χ0n) is 24.9. The van der Waals surface area contributed by atoms with Crippen LogP contribution in [0.2, 0.25) is 0 Å². The van der Waals surface area contributed by atoms with E-state index < -0.39 is 0 Å². The fourth-order valence-electron chi connectivity index (χ4n) is 6.48. The minimum Gasteiger partial charge on any atom is -0.385 e. The molecule has 5 rings (SSSR count). The normalized spacial score (nSPS) is 18.2.